The van der Waals surface area contributed by atoms with Gasteiger partial charge in [-0.1, -0.05) is 194 Å². The number of rotatable bonds is 36. The van der Waals surface area contributed by atoms with Gasteiger partial charge in [-0.05, 0) is 12.8 Å². The molecule has 8 heteroatoms. The molecule has 0 heterocycles. The minimum Gasteiger partial charge on any atom is -0.466 e. The van der Waals surface area contributed by atoms with Crippen LogP contribution < -0.4 is 0 Å². The van der Waals surface area contributed by atoms with Crippen LogP contribution in [0.3, 0.4) is 0 Å². The summed E-state index contributed by atoms with van der Waals surface area (Å²) in [5, 5.41) is -1.93. The molecular formula is C38H74O7S. The van der Waals surface area contributed by atoms with Gasteiger partial charge in [0.1, 0.15) is 0 Å². The van der Waals surface area contributed by atoms with Crippen LogP contribution in [0.4, 0.5) is 0 Å². The van der Waals surface area contributed by atoms with E-state index in [0.717, 1.165) is 32.1 Å². The molecule has 0 aromatic heterocycles. The van der Waals surface area contributed by atoms with E-state index in [9.17, 15) is 22.6 Å². The van der Waals surface area contributed by atoms with E-state index >= 15 is 0 Å². The van der Waals surface area contributed by atoms with Crippen molar-refractivity contribution in [1.82, 2.24) is 0 Å². The van der Waals surface area contributed by atoms with Crippen LogP contribution >= 0.6 is 0 Å². The van der Waals surface area contributed by atoms with Crippen LogP contribution in [-0.2, 0) is 29.2 Å². The minimum absolute atomic E-state index is 0.0806. The van der Waals surface area contributed by atoms with Gasteiger partial charge in [-0.25, -0.2) is 0 Å². The smallest absolute Gasteiger partial charge is 0.327 e. The number of carbonyl (C=O) groups is 2. The Balaban J connectivity index is 3.75. The summed E-state index contributed by atoms with van der Waals surface area (Å²) in [7, 11) is -4.77. The van der Waals surface area contributed by atoms with Gasteiger partial charge in [-0.2, -0.15) is 8.42 Å². The van der Waals surface area contributed by atoms with Crippen LogP contribution in [0.1, 0.15) is 213 Å². The topological polar surface area (TPSA) is 107 Å². The maximum Gasteiger partial charge on any atom is 0.327 e. The average molecular weight is 675 g/mol. The second-order valence-electron chi connectivity index (χ2n) is 13.5. The molecule has 0 saturated carbocycles. The van der Waals surface area contributed by atoms with Crippen molar-refractivity contribution in [3.63, 3.8) is 0 Å². The second-order valence-corrected chi connectivity index (χ2v) is 15.1. The highest BCUT2D eigenvalue weighted by Crippen LogP contribution is 2.16. The van der Waals surface area contributed by atoms with Crippen LogP contribution in [-0.4, -0.2) is 43.4 Å². The molecule has 0 bridgehead atoms. The van der Waals surface area contributed by atoms with E-state index in [4.69, 9.17) is 9.47 Å². The Labute approximate surface area is 284 Å². The molecule has 0 spiro atoms. The third-order valence-electron chi connectivity index (χ3n) is 8.98. The van der Waals surface area contributed by atoms with Crippen LogP contribution in [0.15, 0.2) is 0 Å². The van der Waals surface area contributed by atoms with Crippen molar-refractivity contribution in [2.45, 2.75) is 218 Å². The summed E-state index contributed by atoms with van der Waals surface area (Å²) >= 11 is 0. The highest BCUT2D eigenvalue weighted by atomic mass is 32.2. The van der Waals surface area contributed by atoms with Crippen molar-refractivity contribution in [2.75, 3.05) is 13.2 Å². The molecule has 0 aromatic carbocycles. The van der Waals surface area contributed by atoms with E-state index in [2.05, 4.69) is 13.8 Å². The Bertz CT molecular complexity index is 784. The highest BCUT2D eigenvalue weighted by Gasteiger charge is 2.35. The Morgan fingerprint density at radius 3 is 1.00 bits per heavy atom. The summed E-state index contributed by atoms with van der Waals surface area (Å²) < 4.78 is 43.2. The second kappa shape index (κ2) is 33.7. The van der Waals surface area contributed by atoms with E-state index < -0.39 is 33.7 Å². The lowest BCUT2D eigenvalue weighted by Gasteiger charge is -2.13. The molecule has 0 fully saturated rings. The minimum atomic E-state index is -4.77. The van der Waals surface area contributed by atoms with Crippen molar-refractivity contribution in [3.8, 4) is 0 Å². The maximum absolute atomic E-state index is 12.3. The van der Waals surface area contributed by atoms with Gasteiger partial charge in [0.05, 0.1) is 19.6 Å². The number of esters is 2. The molecule has 0 rings (SSSR count). The molecule has 0 aliphatic heterocycles. The average Bonchev–Trinajstić information content (AvgIpc) is 3.02. The zero-order chi connectivity index (χ0) is 34.0. The number of unbranched alkanes of at least 4 members (excludes halogenated alkanes) is 28. The molecule has 7 nitrogen and oxygen atoms in total. The summed E-state index contributed by atoms with van der Waals surface area (Å²) in [4.78, 5) is 24.5. The first-order valence-electron chi connectivity index (χ1n) is 19.6. The van der Waals surface area contributed by atoms with Gasteiger partial charge in [0.2, 0.25) is 0 Å². The monoisotopic (exact) mass is 675 g/mol. The molecule has 274 valence electrons. The van der Waals surface area contributed by atoms with Crippen LogP contribution in [0, 0.1) is 0 Å². The fraction of sp³-hybridized carbons (Fsp3) is 0.947. The summed E-state index contributed by atoms with van der Waals surface area (Å²) in [5.74, 6) is -1.89. The highest BCUT2D eigenvalue weighted by molar-refractivity contribution is 7.87. The van der Waals surface area contributed by atoms with Gasteiger partial charge < -0.3 is 9.47 Å². The first-order chi connectivity index (χ1) is 22.3. The molecule has 0 aliphatic rings. The van der Waals surface area contributed by atoms with E-state index in [1.165, 1.54) is 148 Å². The van der Waals surface area contributed by atoms with Crippen molar-refractivity contribution in [1.29, 1.82) is 0 Å². The van der Waals surface area contributed by atoms with Crippen molar-refractivity contribution in [2.24, 2.45) is 0 Å². The van der Waals surface area contributed by atoms with E-state index in [0.29, 0.717) is 12.8 Å². The van der Waals surface area contributed by atoms with E-state index in [1.54, 1.807) is 0 Å². The van der Waals surface area contributed by atoms with Crippen LogP contribution in [0.5, 0.6) is 0 Å². The number of hydrogen-bond donors (Lipinski definition) is 1. The first-order valence-corrected chi connectivity index (χ1v) is 21.1. The summed E-state index contributed by atoms with van der Waals surface area (Å²) in [6.45, 7) is 4.77. The number of carbonyl (C=O) groups excluding carboxylic acids is 2. The summed E-state index contributed by atoms with van der Waals surface area (Å²) in [5.41, 5.74) is 0. The molecule has 0 saturated heterocycles. The molecule has 46 heavy (non-hydrogen) atoms. The third-order valence-corrected chi connectivity index (χ3v) is 10.1. The van der Waals surface area contributed by atoms with Crippen LogP contribution in [0.2, 0.25) is 0 Å². The zero-order valence-corrected chi connectivity index (χ0v) is 31.0. The number of hydrogen-bond acceptors (Lipinski definition) is 6. The molecule has 0 radical (unpaired) electrons. The SMILES string of the molecule is CCCCCCCCCCCCCCCCCOC(=O)CC(C(=O)OCCCCCCCCCCCCCCCCC)S(=O)(=O)O. The molecular weight excluding hydrogens is 600 g/mol. The molecule has 0 aliphatic carbocycles. The molecule has 1 N–H and O–H groups in total. The van der Waals surface area contributed by atoms with Crippen LogP contribution in [0.25, 0.3) is 0 Å². The lowest BCUT2D eigenvalue weighted by atomic mass is 10.0. The lowest BCUT2D eigenvalue weighted by molar-refractivity contribution is -0.150. The van der Waals surface area contributed by atoms with Gasteiger partial charge in [0, 0.05) is 0 Å². The van der Waals surface area contributed by atoms with Crippen molar-refractivity contribution < 1.29 is 32.0 Å². The maximum atomic E-state index is 12.3. The quantitative estimate of drug-likeness (QED) is 0.0400. The number of ether oxygens (including phenoxy) is 2. The van der Waals surface area contributed by atoms with Gasteiger partial charge in [0.25, 0.3) is 10.1 Å². The van der Waals surface area contributed by atoms with E-state index in [1.807, 2.05) is 0 Å². The Morgan fingerprint density at radius 1 is 0.457 bits per heavy atom. The predicted octanol–water partition coefficient (Wildman–Crippen LogP) is 11.5. The fourth-order valence-corrected chi connectivity index (χ4v) is 6.58. The molecule has 1 unspecified atom stereocenters. The fourth-order valence-electron chi connectivity index (χ4n) is 5.92. The first kappa shape index (κ1) is 44.9. The van der Waals surface area contributed by atoms with Gasteiger partial charge in [-0.3, -0.25) is 14.1 Å². The Hall–Kier alpha value is -1.15. The Kier molecular flexibility index (Phi) is 32.9. The normalized spacial score (nSPS) is 12.3. The Morgan fingerprint density at radius 2 is 0.717 bits per heavy atom. The molecule has 0 amide bonds. The van der Waals surface area contributed by atoms with E-state index in [-0.39, 0.29) is 13.2 Å². The van der Waals surface area contributed by atoms with Crippen molar-refractivity contribution >= 4 is 22.1 Å². The lowest BCUT2D eigenvalue weighted by Crippen LogP contribution is -2.34. The zero-order valence-electron chi connectivity index (χ0n) is 30.2. The molecule has 0 aromatic rings. The van der Waals surface area contributed by atoms with Gasteiger partial charge in [-0.15, -0.1) is 0 Å². The molecule has 1 atom stereocenters. The van der Waals surface area contributed by atoms with Crippen molar-refractivity contribution in [3.05, 3.63) is 0 Å². The summed E-state index contributed by atoms with van der Waals surface area (Å²) in [6.07, 6.45) is 36.2. The predicted molar refractivity (Wildman–Crippen MR) is 192 cm³/mol. The van der Waals surface area contributed by atoms with Gasteiger partial charge >= 0.3 is 11.9 Å². The third kappa shape index (κ3) is 31.4. The standard InChI is InChI=1S/C38H74O7S/c1-3-5-7-9-11-13-15-17-19-21-23-25-27-29-31-33-44-37(39)35-36(46(41,42)43)38(40)45-34-32-30-28-26-24-22-20-18-16-14-12-10-8-6-4-2/h36H,3-35H2,1-2H3,(H,41,42,43). The summed E-state index contributed by atoms with van der Waals surface area (Å²) in [6, 6.07) is 0. The van der Waals surface area contributed by atoms with Gasteiger partial charge in [0.15, 0.2) is 5.25 Å². The largest absolute Gasteiger partial charge is 0.466 e.